The summed E-state index contributed by atoms with van der Waals surface area (Å²) >= 11 is 18.1. The molecule has 1 aromatic carbocycles. The zero-order chi connectivity index (χ0) is 15.0. The van der Waals surface area contributed by atoms with Crippen molar-refractivity contribution in [2.75, 3.05) is 7.11 Å². The summed E-state index contributed by atoms with van der Waals surface area (Å²) < 4.78 is 6.98. The second kappa shape index (κ2) is 5.67. The molecule has 0 saturated carbocycles. The SMILES string of the molecule is COc1ncnc2c1nc(CCl)n2-c1cc(Cl)cc(Cl)c1. The first-order chi connectivity index (χ1) is 10.1. The summed E-state index contributed by atoms with van der Waals surface area (Å²) in [7, 11) is 1.53. The lowest BCUT2D eigenvalue weighted by molar-refractivity contribution is 0.401. The Morgan fingerprint density at radius 1 is 1.14 bits per heavy atom. The summed E-state index contributed by atoms with van der Waals surface area (Å²) in [4.78, 5) is 12.7. The van der Waals surface area contributed by atoms with Crippen LogP contribution in [0.1, 0.15) is 5.82 Å². The van der Waals surface area contributed by atoms with Crippen molar-refractivity contribution in [3.63, 3.8) is 0 Å². The molecular weight excluding hydrogens is 335 g/mol. The fourth-order valence-electron chi connectivity index (χ4n) is 2.10. The number of ether oxygens (including phenoxy) is 1. The lowest BCUT2D eigenvalue weighted by Gasteiger charge is -2.08. The number of imidazole rings is 1. The lowest BCUT2D eigenvalue weighted by atomic mass is 10.3. The molecule has 3 aromatic rings. The molecule has 0 spiro atoms. The van der Waals surface area contributed by atoms with Crippen LogP contribution in [0.3, 0.4) is 0 Å². The Morgan fingerprint density at radius 3 is 2.48 bits per heavy atom. The van der Waals surface area contributed by atoms with E-state index in [9.17, 15) is 0 Å². The minimum atomic E-state index is 0.198. The van der Waals surface area contributed by atoms with Crippen LogP contribution in [0.2, 0.25) is 10.0 Å². The molecule has 3 rings (SSSR count). The zero-order valence-corrected chi connectivity index (χ0v) is 13.1. The van der Waals surface area contributed by atoms with Crippen molar-refractivity contribution in [1.29, 1.82) is 0 Å². The maximum Gasteiger partial charge on any atom is 0.245 e. The van der Waals surface area contributed by atoms with E-state index in [-0.39, 0.29) is 5.88 Å². The van der Waals surface area contributed by atoms with Gasteiger partial charge >= 0.3 is 0 Å². The minimum Gasteiger partial charge on any atom is -0.479 e. The average Bonchev–Trinajstić information content (AvgIpc) is 2.84. The van der Waals surface area contributed by atoms with Gasteiger partial charge in [-0.05, 0) is 18.2 Å². The van der Waals surface area contributed by atoms with Crippen LogP contribution < -0.4 is 4.74 Å². The maximum absolute atomic E-state index is 6.06. The number of alkyl halides is 1. The molecule has 0 N–H and O–H groups in total. The highest BCUT2D eigenvalue weighted by molar-refractivity contribution is 6.34. The van der Waals surface area contributed by atoms with Gasteiger partial charge in [0.15, 0.2) is 11.2 Å². The van der Waals surface area contributed by atoms with Crippen molar-refractivity contribution in [1.82, 2.24) is 19.5 Å². The normalized spacial score (nSPS) is 11.0. The summed E-state index contributed by atoms with van der Waals surface area (Å²) in [5.74, 6) is 1.19. The van der Waals surface area contributed by atoms with Crippen LogP contribution in [0.5, 0.6) is 5.88 Å². The van der Waals surface area contributed by atoms with Crippen molar-refractivity contribution >= 4 is 46.0 Å². The van der Waals surface area contributed by atoms with Gasteiger partial charge in [0.2, 0.25) is 5.88 Å². The first kappa shape index (κ1) is 14.4. The van der Waals surface area contributed by atoms with Crippen LogP contribution in [0.15, 0.2) is 24.5 Å². The lowest BCUT2D eigenvalue weighted by Crippen LogP contribution is -2.00. The summed E-state index contributed by atoms with van der Waals surface area (Å²) in [5.41, 5.74) is 1.84. The molecule has 0 bridgehead atoms. The standard InChI is InChI=1S/C13H9Cl3N4O/c1-21-13-11-12(17-6-18-13)20(10(5-14)19-11)9-3-7(15)2-8(16)4-9/h2-4,6H,5H2,1H3. The molecule has 2 heterocycles. The first-order valence-corrected chi connectivity index (χ1v) is 7.22. The summed E-state index contributed by atoms with van der Waals surface area (Å²) in [6, 6.07) is 5.18. The molecule has 8 heteroatoms. The number of rotatable bonds is 3. The number of hydrogen-bond acceptors (Lipinski definition) is 4. The summed E-state index contributed by atoms with van der Waals surface area (Å²) in [5, 5.41) is 1.03. The Hall–Kier alpha value is -1.56. The molecule has 21 heavy (non-hydrogen) atoms. The summed E-state index contributed by atoms with van der Waals surface area (Å²) in [6.07, 6.45) is 1.41. The van der Waals surface area contributed by atoms with E-state index in [4.69, 9.17) is 39.5 Å². The van der Waals surface area contributed by atoms with E-state index in [2.05, 4.69) is 15.0 Å². The second-order valence-electron chi connectivity index (χ2n) is 4.18. The van der Waals surface area contributed by atoms with Crippen LogP contribution in [0.25, 0.3) is 16.9 Å². The molecule has 0 radical (unpaired) electrons. The smallest absolute Gasteiger partial charge is 0.245 e. The first-order valence-electron chi connectivity index (χ1n) is 5.92. The number of methoxy groups -OCH3 is 1. The molecule has 0 unspecified atom stereocenters. The van der Waals surface area contributed by atoms with Gasteiger partial charge in [-0.25, -0.2) is 9.97 Å². The quantitative estimate of drug-likeness (QED) is 0.677. The highest BCUT2D eigenvalue weighted by atomic mass is 35.5. The summed E-state index contributed by atoms with van der Waals surface area (Å²) in [6.45, 7) is 0. The third kappa shape index (κ3) is 2.52. The van der Waals surface area contributed by atoms with Gasteiger partial charge in [0.1, 0.15) is 12.2 Å². The van der Waals surface area contributed by atoms with Crippen molar-refractivity contribution in [3.8, 4) is 11.6 Å². The van der Waals surface area contributed by atoms with Gasteiger partial charge in [-0.3, -0.25) is 4.57 Å². The van der Waals surface area contributed by atoms with Crippen molar-refractivity contribution in [2.45, 2.75) is 5.88 Å². The van der Waals surface area contributed by atoms with Crippen LogP contribution >= 0.6 is 34.8 Å². The fraction of sp³-hybridized carbons (Fsp3) is 0.154. The van der Waals surface area contributed by atoms with E-state index in [1.807, 2.05) is 0 Å². The molecule has 0 atom stereocenters. The molecule has 0 saturated heterocycles. The van der Waals surface area contributed by atoms with Gasteiger partial charge in [-0.1, -0.05) is 23.2 Å². The van der Waals surface area contributed by atoms with E-state index in [1.165, 1.54) is 13.4 Å². The molecule has 5 nitrogen and oxygen atoms in total. The molecule has 0 aliphatic heterocycles. The topological polar surface area (TPSA) is 52.8 Å². The number of aromatic nitrogens is 4. The van der Waals surface area contributed by atoms with E-state index in [0.717, 1.165) is 5.69 Å². The highest BCUT2D eigenvalue weighted by Gasteiger charge is 2.17. The van der Waals surface area contributed by atoms with Gasteiger partial charge in [-0.2, -0.15) is 4.98 Å². The number of fused-ring (bicyclic) bond motifs is 1. The maximum atomic E-state index is 6.06. The van der Waals surface area contributed by atoms with E-state index >= 15 is 0 Å². The highest BCUT2D eigenvalue weighted by Crippen LogP contribution is 2.29. The Labute approximate surface area is 135 Å². The molecule has 2 aromatic heterocycles. The largest absolute Gasteiger partial charge is 0.479 e. The van der Waals surface area contributed by atoms with E-state index in [1.54, 1.807) is 22.8 Å². The van der Waals surface area contributed by atoms with Crippen molar-refractivity contribution in [2.24, 2.45) is 0 Å². The number of halogens is 3. The molecular formula is C13H9Cl3N4O. The Balaban J connectivity index is 2.35. The number of benzene rings is 1. The van der Waals surface area contributed by atoms with Crippen molar-refractivity contribution < 1.29 is 4.74 Å². The zero-order valence-electron chi connectivity index (χ0n) is 10.8. The van der Waals surface area contributed by atoms with Gasteiger partial charge in [0.25, 0.3) is 0 Å². The minimum absolute atomic E-state index is 0.198. The fourth-order valence-corrected chi connectivity index (χ4v) is 2.79. The van der Waals surface area contributed by atoms with Gasteiger partial charge in [0, 0.05) is 10.0 Å². The third-order valence-electron chi connectivity index (χ3n) is 2.90. The van der Waals surface area contributed by atoms with Gasteiger partial charge in [-0.15, -0.1) is 11.6 Å². The molecule has 0 aliphatic carbocycles. The number of nitrogens with zero attached hydrogens (tertiary/aromatic N) is 4. The Bertz CT molecular complexity index is 798. The van der Waals surface area contributed by atoms with Crippen LogP contribution in [-0.2, 0) is 5.88 Å². The molecule has 0 fully saturated rings. The van der Waals surface area contributed by atoms with Crippen LogP contribution in [0.4, 0.5) is 0 Å². The predicted molar refractivity (Wildman–Crippen MR) is 82.8 cm³/mol. The van der Waals surface area contributed by atoms with E-state index < -0.39 is 0 Å². The Morgan fingerprint density at radius 2 is 1.86 bits per heavy atom. The van der Waals surface area contributed by atoms with Crippen LogP contribution in [0, 0.1) is 0 Å². The van der Waals surface area contributed by atoms with Crippen LogP contribution in [-0.4, -0.2) is 26.6 Å². The van der Waals surface area contributed by atoms with E-state index in [0.29, 0.717) is 32.9 Å². The monoisotopic (exact) mass is 342 g/mol. The predicted octanol–water partition coefficient (Wildman–Crippen LogP) is 3.87. The van der Waals surface area contributed by atoms with Gasteiger partial charge < -0.3 is 4.74 Å². The third-order valence-corrected chi connectivity index (χ3v) is 3.57. The van der Waals surface area contributed by atoms with Gasteiger partial charge in [0.05, 0.1) is 18.7 Å². The Kier molecular flexibility index (Phi) is 3.89. The molecule has 0 aliphatic rings. The molecule has 0 amide bonds. The van der Waals surface area contributed by atoms with Crippen molar-refractivity contribution in [3.05, 3.63) is 40.4 Å². The average molecular weight is 344 g/mol. The number of hydrogen-bond donors (Lipinski definition) is 0. The second-order valence-corrected chi connectivity index (χ2v) is 5.32. The molecule has 108 valence electrons.